The molecule has 0 saturated heterocycles. The summed E-state index contributed by atoms with van der Waals surface area (Å²) in [6.45, 7) is 2.06. The minimum absolute atomic E-state index is 0.104. The van der Waals surface area contributed by atoms with E-state index < -0.39 is 11.6 Å². The highest BCUT2D eigenvalue weighted by Crippen LogP contribution is 2.49. The maximum Gasteiger partial charge on any atom is 0.215 e. The maximum absolute atomic E-state index is 13.8. The molecule has 0 spiro atoms. The maximum atomic E-state index is 13.8. The van der Waals surface area contributed by atoms with E-state index in [1.807, 2.05) is 0 Å². The zero-order chi connectivity index (χ0) is 15.6. The summed E-state index contributed by atoms with van der Waals surface area (Å²) in [6.07, 6.45) is 4.30. The summed E-state index contributed by atoms with van der Waals surface area (Å²) in [6, 6.07) is 5.12. The highest BCUT2D eigenvalue weighted by atomic mass is 19.1. The number of halogens is 1. The first kappa shape index (κ1) is 15.5. The number of hydrogen-bond donors (Lipinski definition) is 3. The van der Waals surface area contributed by atoms with E-state index in [1.165, 1.54) is 0 Å². The molecule has 4 nitrogen and oxygen atoms in total. The zero-order valence-electron chi connectivity index (χ0n) is 12.4. The van der Waals surface area contributed by atoms with Crippen molar-refractivity contribution < 1.29 is 9.13 Å². The van der Waals surface area contributed by atoms with E-state index in [4.69, 9.17) is 21.6 Å². The van der Waals surface area contributed by atoms with Gasteiger partial charge in [0.05, 0.1) is 5.56 Å². The van der Waals surface area contributed by atoms with Gasteiger partial charge in [-0.05, 0) is 43.0 Å². The van der Waals surface area contributed by atoms with E-state index in [0.29, 0.717) is 5.56 Å². The predicted molar refractivity (Wildman–Crippen MR) is 82.8 cm³/mol. The van der Waals surface area contributed by atoms with Crippen LogP contribution in [0.25, 0.3) is 0 Å². The molecule has 114 valence electrons. The van der Waals surface area contributed by atoms with Crippen molar-refractivity contribution in [3.63, 3.8) is 0 Å². The molecule has 0 bridgehead atoms. The molecule has 2 rings (SSSR count). The SMILES string of the molecule is COC1(c2cccc(N)c2C(=N)F)/C(=C/N)CCCC1C. The molecule has 1 saturated carbocycles. The van der Waals surface area contributed by atoms with Crippen molar-refractivity contribution in [1.29, 1.82) is 5.41 Å². The minimum atomic E-state index is -1.05. The van der Waals surface area contributed by atoms with E-state index in [-0.39, 0.29) is 17.2 Å². The van der Waals surface area contributed by atoms with Crippen molar-refractivity contribution in [2.45, 2.75) is 31.8 Å². The van der Waals surface area contributed by atoms with Gasteiger partial charge in [0.2, 0.25) is 5.97 Å². The average molecular weight is 291 g/mol. The molecule has 5 heteroatoms. The van der Waals surface area contributed by atoms with Crippen LogP contribution in [0.4, 0.5) is 10.1 Å². The van der Waals surface area contributed by atoms with Crippen LogP contribution in [0.2, 0.25) is 0 Å². The number of anilines is 1. The molecule has 1 fully saturated rings. The summed E-state index contributed by atoms with van der Waals surface area (Å²) in [5.74, 6) is -0.931. The lowest BCUT2D eigenvalue weighted by molar-refractivity contribution is -0.0432. The molecule has 1 aromatic rings. The van der Waals surface area contributed by atoms with Gasteiger partial charge in [0.15, 0.2) is 0 Å². The molecule has 1 aromatic carbocycles. The van der Waals surface area contributed by atoms with Crippen LogP contribution in [0.1, 0.15) is 37.3 Å². The molecule has 1 aliphatic carbocycles. The Hall–Kier alpha value is -1.88. The fourth-order valence-electron chi connectivity index (χ4n) is 3.52. The number of methoxy groups -OCH3 is 1. The van der Waals surface area contributed by atoms with E-state index in [9.17, 15) is 4.39 Å². The summed E-state index contributed by atoms with van der Waals surface area (Å²) >= 11 is 0. The van der Waals surface area contributed by atoms with Crippen LogP contribution in [0, 0.1) is 11.3 Å². The number of rotatable bonds is 3. The van der Waals surface area contributed by atoms with Gasteiger partial charge >= 0.3 is 0 Å². The molecule has 2 atom stereocenters. The number of hydrogen-bond acceptors (Lipinski definition) is 4. The summed E-state index contributed by atoms with van der Waals surface area (Å²) in [5, 5.41) is 7.43. The quantitative estimate of drug-likeness (QED) is 0.591. The van der Waals surface area contributed by atoms with Crippen molar-refractivity contribution in [3.05, 3.63) is 41.1 Å². The number of nitrogens with one attached hydrogen (secondary N) is 1. The Morgan fingerprint density at radius 2 is 2.24 bits per heavy atom. The van der Waals surface area contributed by atoms with Crippen LogP contribution in [-0.2, 0) is 10.3 Å². The second-order valence-electron chi connectivity index (χ2n) is 5.51. The standard InChI is InChI=1S/C16H22FN3O/c1-10-5-3-6-11(9-18)16(10,21-2)12-7-4-8-13(19)14(12)15(17)20/h4,7-10,20H,3,5-6,18-19H2,1-2H3/b11-9+,20-15?. The first-order valence-corrected chi connectivity index (χ1v) is 7.08. The molecular formula is C16H22FN3O. The third-order valence-electron chi connectivity index (χ3n) is 4.49. The van der Waals surface area contributed by atoms with Gasteiger partial charge in [0, 0.05) is 18.4 Å². The van der Waals surface area contributed by atoms with Crippen molar-refractivity contribution in [1.82, 2.24) is 0 Å². The van der Waals surface area contributed by atoms with Crippen molar-refractivity contribution in [3.8, 4) is 0 Å². The molecule has 1 aliphatic rings. The Bertz CT molecular complexity index is 585. The van der Waals surface area contributed by atoms with Gasteiger partial charge in [-0.25, -0.2) is 0 Å². The van der Waals surface area contributed by atoms with E-state index in [1.54, 1.807) is 31.5 Å². The lowest BCUT2D eigenvalue weighted by atomic mass is 9.68. The van der Waals surface area contributed by atoms with Crippen LogP contribution >= 0.6 is 0 Å². The predicted octanol–water partition coefficient (Wildman–Crippen LogP) is 3.07. The molecule has 0 aromatic heterocycles. The van der Waals surface area contributed by atoms with Gasteiger partial charge in [-0.2, -0.15) is 4.39 Å². The highest BCUT2D eigenvalue weighted by molar-refractivity contribution is 5.98. The molecule has 0 amide bonds. The van der Waals surface area contributed by atoms with Crippen LogP contribution in [-0.4, -0.2) is 13.1 Å². The van der Waals surface area contributed by atoms with Gasteiger partial charge in [-0.15, -0.1) is 0 Å². The number of benzene rings is 1. The molecule has 0 radical (unpaired) electrons. The lowest BCUT2D eigenvalue weighted by Gasteiger charge is -2.44. The molecule has 0 heterocycles. The summed E-state index contributed by atoms with van der Waals surface area (Å²) in [4.78, 5) is 0. The van der Waals surface area contributed by atoms with Crippen LogP contribution in [0.15, 0.2) is 30.0 Å². The monoisotopic (exact) mass is 291 g/mol. The number of ether oxygens (including phenoxy) is 1. The van der Waals surface area contributed by atoms with Gasteiger partial charge in [0.1, 0.15) is 5.60 Å². The Morgan fingerprint density at radius 3 is 2.81 bits per heavy atom. The topological polar surface area (TPSA) is 85.1 Å². The van der Waals surface area contributed by atoms with Gasteiger partial charge in [-0.1, -0.05) is 19.1 Å². The number of nitrogens with two attached hydrogens (primary N) is 2. The first-order chi connectivity index (χ1) is 9.98. The largest absolute Gasteiger partial charge is 0.405 e. The van der Waals surface area contributed by atoms with Crippen LogP contribution < -0.4 is 11.5 Å². The first-order valence-electron chi connectivity index (χ1n) is 7.08. The van der Waals surface area contributed by atoms with Crippen molar-refractivity contribution in [2.24, 2.45) is 11.7 Å². The van der Waals surface area contributed by atoms with E-state index >= 15 is 0 Å². The zero-order valence-corrected chi connectivity index (χ0v) is 12.4. The Labute approximate surface area is 124 Å². The minimum Gasteiger partial charge on any atom is -0.405 e. The molecule has 2 unspecified atom stereocenters. The van der Waals surface area contributed by atoms with Crippen molar-refractivity contribution in [2.75, 3.05) is 12.8 Å². The third kappa shape index (κ3) is 2.31. The van der Waals surface area contributed by atoms with Gasteiger partial charge in [0.25, 0.3) is 0 Å². The van der Waals surface area contributed by atoms with Crippen molar-refractivity contribution >= 4 is 11.7 Å². The Balaban J connectivity index is 2.76. The molecule has 5 N–H and O–H groups in total. The number of nitrogen functional groups attached to an aromatic ring is 1. The average Bonchev–Trinajstić information content (AvgIpc) is 2.46. The molecule has 21 heavy (non-hydrogen) atoms. The van der Waals surface area contributed by atoms with Crippen LogP contribution in [0.3, 0.4) is 0 Å². The Morgan fingerprint density at radius 1 is 1.52 bits per heavy atom. The van der Waals surface area contributed by atoms with Crippen LogP contribution in [0.5, 0.6) is 0 Å². The van der Waals surface area contributed by atoms with E-state index in [2.05, 4.69) is 6.92 Å². The summed E-state index contributed by atoms with van der Waals surface area (Å²) in [7, 11) is 1.60. The highest BCUT2D eigenvalue weighted by Gasteiger charge is 2.45. The van der Waals surface area contributed by atoms with Gasteiger partial charge < -0.3 is 16.2 Å². The Kier molecular flexibility index (Phi) is 4.32. The normalized spacial score (nSPS) is 27.8. The summed E-state index contributed by atoms with van der Waals surface area (Å²) in [5.41, 5.74) is 12.7. The smallest absolute Gasteiger partial charge is 0.215 e. The van der Waals surface area contributed by atoms with E-state index in [0.717, 1.165) is 24.8 Å². The molecule has 0 aliphatic heterocycles. The fraction of sp³-hybridized carbons (Fsp3) is 0.438. The second kappa shape index (κ2) is 5.85. The van der Waals surface area contributed by atoms with Gasteiger partial charge in [-0.3, -0.25) is 5.41 Å². The summed E-state index contributed by atoms with van der Waals surface area (Å²) < 4.78 is 19.6. The third-order valence-corrected chi connectivity index (χ3v) is 4.49. The second-order valence-corrected chi connectivity index (χ2v) is 5.51. The molecular weight excluding hydrogens is 269 g/mol. The fourth-order valence-corrected chi connectivity index (χ4v) is 3.52. The lowest BCUT2D eigenvalue weighted by Crippen LogP contribution is -2.42.